The first-order valence-electron chi connectivity index (χ1n) is 0.478. The molecule has 7 heavy (non-hydrogen) atoms. The SMILES string of the molecule is [Cl][Ni-2]([Cl])([Cl])[Cl].[K+].[K+]. The van der Waals surface area contributed by atoms with Gasteiger partial charge < -0.3 is 0 Å². The van der Waals surface area contributed by atoms with E-state index in [0.29, 0.717) is 0 Å². The van der Waals surface area contributed by atoms with E-state index in [1.807, 2.05) is 0 Å². The van der Waals surface area contributed by atoms with Crippen LogP contribution in [0.1, 0.15) is 0 Å². The molecule has 0 saturated carbocycles. The Morgan fingerprint density at radius 3 is 0.714 bits per heavy atom. The van der Waals surface area contributed by atoms with Crippen LogP contribution in [0.15, 0.2) is 0 Å². The standard InChI is InChI=1S/4ClH.2K.Ni/h4*1H;;;/q;;;;2*+1;+2/p-4. The molecule has 0 saturated heterocycles. The van der Waals surface area contributed by atoms with Crippen LogP contribution in [0.25, 0.3) is 0 Å². The molecule has 0 aliphatic carbocycles. The third-order valence-electron chi connectivity index (χ3n) is 0. The molecule has 0 radical (unpaired) electrons. The second-order valence-corrected chi connectivity index (χ2v) is 10.1. The van der Waals surface area contributed by atoms with Crippen LogP contribution in [-0.4, -0.2) is 0 Å². The molecular formula is Cl4K2Ni. The summed E-state index contributed by atoms with van der Waals surface area (Å²) in [5.41, 5.74) is 0. The van der Waals surface area contributed by atoms with Gasteiger partial charge in [0.2, 0.25) is 0 Å². The summed E-state index contributed by atoms with van der Waals surface area (Å²) in [5.74, 6) is 0. The first-order valence-corrected chi connectivity index (χ1v) is 5.91. The van der Waals surface area contributed by atoms with Gasteiger partial charge in [-0.3, -0.25) is 0 Å². The van der Waals surface area contributed by atoms with Gasteiger partial charge in [-0.2, -0.15) is 0 Å². The van der Waals surface area contributed by atoms with Crippen molar-refractivity contribution in [3.8, 4) is 0 Å². The predicted molar refractivity (Wildman–Crippen MR) is 23.4 cm³/mol. The summed E-state index contributed by atoms with van der Waals surface area (Å²) >= 11 is 0. The van der Waals surface area contributed by atoms with Crippen LogP contribution >= 0.6 is 40.8 Å². The average Bonchev–Trinajstić information content (AvgIpc) is 0.722. The maximum Gasteiger partial charge on any atom is 1.00 e. The second kappa shape index (κ2) is 9.02. The molecule has 0 rings (SSSR count). The fraction of sp³-hybridized carbons (Fsp3) is 0. The Hall–Kier alpha value is 4.93. The Morgan fingerprint density at radius 1 is 0.714 bits per heavy atom. The van der Waals surface area contributed by atoms with Crippen molar-refractivity contribution in [2.45, 2.75) is 0 Å². The first kappa shape index (κ1) is 17.9. The fourth-order valence-corrected chi connectivity index (χ4v) is 0. The van der Waals surface area contributed by atoms with Crippen molar-refractivity contribution in [2.75, 3.05) is 0 Å². The van der Waals surface area contributed by atoms with E-state index < -0.39 is 8.82 Å². The van der Waals surface area contributed by atoms with Gasteiger partial charge in [-0.25, -0.2) is 0 Å². The molecule has 0 unspecified atom stereocenters. The molecule has 0 spiro atoms. The van der Waals surface area contributed by atoms with Gasteiger partial charge in [-0.1, -0.05) is 0 Å². The van der Waals surface area contributed by atoms with Crippen LogP contribution in [0.3, 0.4) is 0 Å². The average molecular weight is 279 g/mol. The molecule has 0 heterocycles. The van der Waals surface area contributed by atoms with Gasteiger partial charge in [0.1, 0.15) is 0 Å². The van der Waals surface area contributed by atoms with E-state index in [-0.39, 0.29) is 103 Å². The first-order chi connectivity index (χ1) is 2.00. The minimum Gasteiger partial charge on any atom is 1.00 e. The molecule has 0 aromatic carbocycles. The van der Waals surface area contributed by atoms with Crippen LogP contribution in [0.4, 0.5) is 0 Å². The van der Waals surface area contributed by atoms with Crippen molar-refractivity contribution >= 4 is 40.8 Å². The van der Waals surface area contributed by atoms with Crippen molar-refractivity contribution in [3.63, 3.8) is 0 Å². The second-order valence-electron chi connectivity index (χ2n) is 0.271. The molecule has 0 aliphatic heterocycles. The minimum absolute atomic E-state index is 0. The molecule has 7 heteroatoms. The van der Waals surface area contributed by atoms with E-state index in [9.17, 15) is 0 Å². The predicted octanol–water partition coefficient (Wildman–Crippen LogP) is -3.24. The van der Waals surface area contributed by atoms with Gasteiger partial charge in [0.15, 0.2) is 0 Å². The minimum atomic E-state index is -2.36. The van der Waals surface area contributed by atoms with Crippen molar-refractivity contribution in [2.24, 2.45) is 0 Å². The third-order valence-corrected chi connectivity index (χ3v) is 0. The van der Waals surface area contributed by atoms with Crippen LogP contribution in [0.5, 0.6) is 0 Å². The molecule has 0 bridgehead atoms. The van der Waals surface area contributed by atoms with Crippen molar-refractivity contribution < 1.29 is 112 Å². The molecule has 40 valence electrons. The quantitative estimate of drug-likeness (QED) is 0.409. The zero-order valence-corrected chi connectivity index (χ0v) is 14.1. The largest absolute Gasteiger partial charge is 1.00 e. The van der Waals surface area contributed by atoms with E-state index in [1.54, 1.807) is 0 Å². The smallest absolute Gasteiger partial charge is 1.00 e. The zero-order valence-electron chi connectivity index (χ0n) is 3.83. The van der Waals surface area contributed by atoms with E-state index in [2.05, 4.69) is 0 Å². The Morgan fingerprint density at radius 2 is 0.714 bits per heavy atom. The monoisotopic (exact) mass is 276 g/mol. The Balaban J connectivity index is -0.0000000800. The molecule has 0 N–H and O–H groups in total. The van der Waals surface area contributed by atoms with Crippen LogP contribution in [-0.2, 0) is 8.82 Å². The molecule has 0 fully saturated rings. The molecule has 0 aliphatic rings. The zero-order chi connectivity index (χ0) is 4.50. The summed E-state index contributed by atoms with van der Waals surface area (Å²) in [4.78, 5) is 0. The summed E-state index contributed by atoms with van der Waals surface area (Å²) in [6, 6.07) is 0. The molecule has 0 aromatic heterocycles. The summed E-state index contributed by atoms with van der Waals surface area (Å²) < 4.78 is 0. The van der Waals surface area contributed by atoms with Gasteiger partial charge in [0, 0.05) is 0 Å². The molecule has 0 nitrogen and oxygen atoms in total. The molecular weight excluding hydrogens is 279 g/mol. The maximum atomic E-state index is 4.92. The number of hydrogen-bond acceptors (Lipinski definition) is 0. The van der Waals surface area contributed by atoms with Crippen molar-refractivity contribution in [1.29, 1.82) is 0 Å². The topological polar surface area (TPSA) is 0 Å². The van der Waals surface area contributed by atoms with E-state index in [4.69, 9.17) is 40.8 Å². The van der Waals surface area contributed by atoms with Crippen LogP contribution in [0.2, 0.25) is 0 Å². The van der Waals surface area contributed by atoms with Crippen molar-refractivity contribution in [1.82, 2.24) is 0 Å². The van der Waals surface area contributed by atoms with Crippen molar-refractivity contribution in [3.05, 3.63) is 0 Å². The summed E-state index contributed by atoms with van der Waals surface area (Å²) in [7, 11) is 17.3. The van der Waals surface area contributed by atoms with E-state index in [1.165, 1.54) is 0 Å². The number of hydrogen-bond donors (Lipinski definition) is 0. The van der Waals surface area contributed by atoms with Gasteiger partial charge in [-0.15, -0.1) is 0 Å². The fourth-order valence-electron chi connectivity index (χ4n) is 0. The van der Waals surface area contributed by atoms with Crippen LogP contribution in [0, 0.1) is 0 Å². The summed E-state index contributed by atoms with van der Waals surface area (Å²) in [6.45, 7) is 0. The Labute approximate surface area is 147 Å². The van der Waals surface area contributed by atoms with Gasteiger partial charge in [-0.05, 0) is 0 Å². The van der Waals surface area contributed by atoms with Gasteiger partial charge in [0.25, 0.3) is 0 Å². The van der Waals surface area contributed by atoms with E-state index in [0.717, 1.165) is 0 Å². The van der Waals surface area contributed by atoms with Crippen LogP contribution < -0.4 is 103 Å². The van der Waals surface area contributed by atoms with Gasteiger partial charge >= 0.3 is 152 Å². The summed E-state index contributed by atoms with van der Waals surface area (Å²) in [5, 5.41) is 0. The molecule has 0 atom stereocenters. The summed E-state index contributed by atoms with van der Waals surface area (Å²) in [6.07, 6.45) is 0. The Kier molecular flexibility index (Phi) is 23.0. The van der Waals surface area contributed by atoms with E-state index >= 15 is 0 Å². The maximum absolute atomic E-state index is 4.92. The number of halogens is 4. The van der Waals surface area contributed by atoms with Gasteiger partial charge in [0.05, 0.1) is 0 Å². The molecule has 0 amide bonds. The normalized spacial score (nSPS) is 10.9. The third kappa shape index (κ3) is 35.9. The number of rotatable bonds is 0. The molecule has 0 aromatic rings. The Bertz CT molecular complexity index is 25.2.